The van der Waals surface area contributed by atoms with Crippen molar-refractivity contribution in [1.29, 1.82) is 0 Å². The molecule has 0 radical (unpaired) electrons. The Morgan fingerprint density at radius 2 is 1.57 bits per heavy atom. The predicted octanol–water partition coefficient (Wildman–Crippen LogP) is 3.98. The summed E-state index contributed by atoms with van der Waals surface area (Å²) in [6, 6.07) is 17.8. The average Bonchev–Trinajstić information content (AvgIpc) is 2.96. The van der Waals surface area contributed by atoms with E-state index in [1.54, 1.807) is 60.7 Å². The van der Waals surface area contributed by atoms with Gasteiger partial charge in [-0.2, -0.15) is 0 Å². The molecule has 0 aliphatic heterocycles. The molecule has 2 aromatic heterocycles. The second-order valence-electron chi connectivity index (χ2n) is 8.54. The summed E-state index contributed by atoms with van der Waals surface area (Å²) in [6.07, 6.45) is 3.08. The number of rotatable bonds is 8. The van der Waals surface area contributed by atoms with Crippen LogP contribution in [0.15, 0.2) is 88.7 Å². The Balaban J connectivity index is 1.35. The first-order chi connectivity index (χ1) is 19.4. The van der Waals surface area contributed by atoms with E-state index in [0.717, 1.165) is 4.57 Å². The minimum atomic E-state index is -0.569. The Morgan fingerprint density at radius 3 is 2.30 bits per heavy atom. The van der Waals surface area contributed by atoms with Crippen LogP contribution in [0.1, 0.15) is 5.56 Å². The van der Waals surface area contributed by atoms with Gasteiger partial charge in [0.05, 0.1) is 31.7 Å². The van der Waals surface area contributed by atoms with Crippen molar-refractivity contribution in [2.45, 2.75) is 6.54 Å². The fourth-order valence-electron chi connectivity index (χ4n) is 3.98. The number of methoxy groups -OCH3 is 2. The summed E-state index contributed by atoms with van der Waals surface area (Å²) < 4.78 is 17.2. The molecule has 12 nitrogen and oxygen atoms in total. The zero-order valence-electron chi connectivity index (χ0n) is 21.5. The Labute approximate surface area is 227 Å². The monoisotopic (exact) mass is 540 g/mol. The number of hydrogen-bond donors (Lipinski definition) is 3. The van der Waals surface area contributed by atoms with Crippen molar-refractivity contribution in [1.82, 2.24) is 19.5 Å². The van der Waals surface area contributed by atoms with Gasteiger partial charge in [-0.25, -0.2) is 19.6 Å². The number of anilines is 2. The molecule has 5 aromatic rings. The number of ether oxygens (including phenoxy) is 3. The van der Waals surface area contributed by atoms with E-state index in [1.807, 2.05) is 0 Å². The summed E-state index contributed by atoms with van der Waals surface area (Å²) in [6.45, 7) is -0.0266. The fourth-order valence-corrected chi connectivity index (χ4v) is 3.98. The maximum absolute atomic E-state index is 13.3. The van der Waals surface area contributed by atoms with Crippen molar-refractivity contribution >= 4 is 28.3 Å². The number of aromatic amines is 1. The summed E-state index contributed by atoms with van der Waals surface area (Å²) in [4.78, 5) is 49.4. The molecule has 5 rings (SSSR count). The number of amides is 2. The Morgan fingerprint density at radius 1 is 0.850 bits per heavy atom. The van der Waals surface area contributed by atoms with Gasteiger partial charge in [-0.15, -0.1) is 0 Å². The van der Waals surface area contributed by atoms with Crippen molar-refractivity contribution in [3.05, 3.63) is 106 Å². The third-order valence-corrected chi connectivity index (χ3v) is 5.84. The first-order valence-electron chi connectivity index (χ1n) is 12.0. The molecule has 0 saturated heterocycles. The summed E-state index contributed by atoms with van der Waals surface area (Å²) in [5.74, 6) is 1.39. The summed E-state index contributed by atoms with van der Waals surface area (Å²) in [5.41, 5.74) is 0.864. The predicted molar refractivity (Wildman–Crippen MR) is 149 cm³/mol. The number of aromatic nitrogens is 4. The summed E-state index contributed by atoms with van der Waals surface area (Å²) >= 11 is 0. The number of benzene rings is 3. The van der Waals surface area contributed by atoms with Crippen LogP contribution in [0.5, 0.6) is 23.3 Å². The topological polar surface area (TPSA) is 149 Å². The van der Waals surface area contributed by atoms with Gasteiger partial charge in [-0.3, -0.25) is 9.36 Å². The molecule has 0 fully saturated rings. The minimum absolute atomic E-state index is 0.0266. The summed E-state index contributed by atoms with van der Waals surface area (Å²) in [7, 11) is 3.03. The Bertz CT molecular complexity index is 1780. The Kier molecular flexibility index (Phi) is 7.40. The molecule has 3 N–H and O–H groups in total. The van der Waals surface area contributed by atoms with Crippen LogP contribution in [-0.2, 0) is 6.54 Å². The van der Waals surface area contributed by atoms with E-state index in [-0.39, 0.29) is 17.9 Å². The van der Waals surface area contributed by atoms with E-state index in [1.165, 1.54) is 32.7 Å². The number of fused-ring (bicyclic) bond motifs is 1. The van der Waals surface area contributed by atoms with Gasteiger partial charge in [0.15, 0.2) is 0 Å². The highest BCUT2D eigenvalue weighted by molar-refractivity contribution is 6.00. The maximum Gasteiger partial charge on any atom is 0.329 e. The lowest BCUT2D eigenvalue weighted by Crippen LogP contribution is -2.35. The van der Waals surface area contributed by atoms with Crippen LogP contribution in [0.25, 0.3) is 10.9 Å². The first kappa shape index (κ1) is 26.0. The molecule has 0 aliphatic rings. The second-order valence-corrected chi connectivity index (χ2v) is 8.54. The molecule has 12 heteroatoms. The number of nitrogens with one attached hydrogen (secondary N) is 3. The largest absolute Gasteiger partial charge is 0.497 e. The molecule has 0 saturated carbocycles. The minimum Gasteiger partial charge on any atom is -0.497 e. The molecule has 2 heterocycles. The lowest BCUT2D eigenvalue weighted by Gasteiger charge is -2.12. The first-order valence-corrected chi connectivity index (χ1v) is 12.0. The number of carbonyl (C=O) groups excluding carboxylic acids is 1. The normalized spacial score (nSPS) is 10.7. The highest BCUT2D eigenvalue weighted by atomic mass is 16.5. The number of carbonyl (C=O) groups is 1. The molecule has 0 spiro atoms. The van der Waals surface area contributed by atoms with E-state index >= 15 is 0 Å². The van der Waals surface area contributed by atoms with Crippen molar-refractivity contribution in [2.75, 3.05) is 24.9 Å². The van der Waals surface area contributed by atoms with E-state index in [0.29, 0.717) is 39.7 Å². The van der Waals surface area contributed by atoms with Crippen molar-refractivity contribution in [2.24, 2.45) is 0 Å². The lowest BCUT2D eigenvalue weighted by atomic mass is 10.2. The van der Waals surface area contributed by atoms with Crippen molar-refractivity contribution in [3.8, 4) is 23.3 Å². The standard InChI is InChI=1S/C28H24N6O6/c1-38-21-12-19(13-22(14-21)39-2)32-26(36)31-18-6-3-5-17(11-18)16-34-25(35)23-15-20(7-8-24(23)33-28(34)37)40-27-29-9-4-10-30-27/h3-15H,16H2,1-2H3,(H,33,37)(H2,31,32,36). The SMILES string of the molecule is COc1cc(NC(=O)Nc2cccc(Cn3c(=O)[nH]c4ccc(Oc5ncccn5)cc4c3=O)c2)cc(OC)c1. The highest BCUT2D eigenvalue weighted by Crippen LogP contribution is 2.26. The van der Waals surface area contributed by atoms with Gasteiger partial charge in [-0.05, 0) is 42.0 Å². The van der Waals surface area contributed by atoms with Crippen molar-refractivity contribution < 1.29 is 19.0 Å². The molecule has 0 unspecified atom stereocenters. The van der Waals surface area contributed by atoms with Crippen LogP contribution in [0.2, 0.25) is 0 Å². The number of hydrogen-bond acceptors (Lipinski definition) is 8. The zero-order chi connectivity index (χ0) is 28.1. The molecular formula is C28H24N6O6. The summed E-state index contributed by atoms with van der Waals surface area (Å²) in [5, 5.41) is 5.74. The number of H-pyrrole nitrogens is 1. The van der Waals surface area contributed by atoms with E-state index in [2.05, 4.69) is 25.6 Å². The lowest BCUT2D eigenvalue weighted by molar-refractivity contribution is 0.262. The molecular weight excluding hydrogens is 516 g/mol. The Hall–Kier alpha value is -5.65. The van der Waals surface area contributed by atoms with Crippen molar-refractivity contribution in [3.63, 3.8) is 0 Å². The maximum atomic E-state index is 13.3. The number of nitrogens with zero attached hydrogens (tertiary/aromatic N) is 3. The van der Waals surface area contributed by atoms with Crippen LogP contribution in [0.3, 0.4) is 0 Å². The zero-order valence-corrected chi connectivity index (χ0v) is 21.5. The van der Waals surface area contributed by atoms with Gasteiger partial charge < -0.3 is 29.8 Å². The van der Waals surface area contributed by atoms with E-state index < -0.39 is 17.3 Å². The smallest absolute Gasteiger partial charge is 0.329 e. The molecule has 0 atom stereocenters. The van der Waals surface area contributed by atoms with E-state index in [9.17, 15) is 14.4 Å². The molecule has 40 heavy (non-hydrogen) atoms. The van der Waals surface area contributed by atoms with Gasteiger partial charge in [0.2, 0.25) is 0 Å². The fraction of sp³-hybridized carbons (Fsp3) is 0.107. The molecule has 202 valence electrons. The van der Waals surface area contributed by atoms with Gasteiger partial charge in [0, 0.05) is 42.0 Å². The molecule has 3 aromatic carbocycles. The molecule has 2 amide bonds. The van der Waals surface area contributed by atoms with Crippen LogP contribution in [-0.4, -0.2) is 39.8 Å². The third kappa shape index (κ3) is 5.91. The van der Waals surface area contributed by atoms with Gasteiger partial charge in [-0.1, -0.05) is 12.1 Å². The number of urea groups is 1. The van der Waals surface area contributed by atoms with E-state index in [4.69, 9.17) is 14.2 Å². The molecule has 0 aliphatic carbocycles. The third-order valence-electron chi connectivity index (χ3n) is 5.84. The quantitative estimate of drug-likeness (QED) is 0.268. The van der Waals surface area contributed by atoms with Gasteiger partial charge in [0.1, 0.15) is 17.2 Å². The molecule has 0 bridgehead atoms. The van der Waals surface area contributed by atoms with Crippen LogP contribution in [0, 0.1) is 0 Å². The van der Waals surface area contributed by atoms with Crippen LogP contribution >= 0.6 is 0 Å². The van der Waals surface area contributed by atoms with Gasteiger partial charge >= 0.3 is 17.7 Å². The van der Waals surface area contributed by atoms with Crippen LogP contribution in [0.4, 0.5) is 16.2 Å². The van der Waals surface area contributed by atoms with Gasteiger partial charge in [0.25, 0.3) is 5.56 Å². The second kappa shape index (κ2) is 11.4. The van der Waals surface area contributed by atoms with Crippen LogP contribution < -0.4 is 36.1 Å². The highest BCUT2D eigenvalue weighted by Gasteiger charge is 2.12. The average molecular weight is 541 g/mol.